The number of quaternary nitrogens is 1. The lowest BCUT2D eigenvalue weighted by molar-refractivity contribution is -0.895. The fraction of sp³-hybridized carbons (Fsp3) is 0.360. The fourth-order valence-electron chi connectivity index (χ4n) is 6.65. The van der Waals surface area contributed by atoms with Crippen molar-refractivity contribution in [2.45, 2.75) is 44.6 Å². The molecule has 6 rings (SSSR count). The molecule has 4 atom stereocenters. The zero-order valence-electron chi connectivity index (χ0n) is 18.1. The number of piperidine rings is 1. The molecule has 0 radical (unpaired) electrons. The average molecular weight is 413 g/mol. The predicted molar refractivity (Wildman–Crippen MR) is 119 cm³/mol. The molecule has 3 unspecified atom stereocenters. The van der Waals surface area contributed by atoms with Gasteiger partial charge in [-0.3, -0.25) is 9.28 Å². The number of azo groups is 1. The number of benzene rings is 1. The third-order valence-corrected chi connectivity index (χ3v) is 7.72. The van der Waals surface area contributed by atoms with E-state index in [0.29, 0.717) is 22.3 Å². The first-order valence-corrected chi connectivity index (χ1v) is 11.1. The number of aromatic nitrogens is 2. The minimum absolute atomic E-state index is 0.228. The standard InChI is InChI=1S/C25H26N5O/c1-14-7-4-11-20(27-14)28-29-25(31)23-15(2)21-18-13-26-19-10-5-8-16(22(18)19)17-9-6-12-30(23,3)24(17)21/h4-5,7-8,10-11,13,17,21,24,26H,6,9,12H2,1-3H3/q+1/t17?,21?,24-,30?/m0/s1. The van der Waals surface area contributed by atoms with E-state index < -0.39 is 0 Å². The quantitative estimate of drug-likeness (QED) is 0.461. The molecule has 1 amide bonds. The Morgan fingerprint density at radius 2 is 2.00 bits per heavy atom. The molecule has 2 aliphatic heterocycles. The van der Waals surface area contributed by atoms with E-state index in [9.17, 15) is 4.79 Å². The topological polar surface area (TPSA) is 70.5 Å². The van der Waals surface area contributed by atoms with Gasteiger partial charge in [-0.05, 0) is 56.0 Å². The van der Waals surface area contributed by atoms with E-state index in [-0.39, 0.29) is 11.8 Å². The van der Waals surface area contributed by atoms with Crippen LogP contribution >= 0.6 is 0 Å². The van der Waals surface area contributed by atoms with E-state index in [2.05, 4.69) is 58.6 Å². The van der Waals surface area contributed by atoms with Gasteiger partial charge in [-0.2, -0.15) is 0 Å². The zero-order chi connectivity index (χ0) is 21.3. The molecule has 1 aliphatic carbocycles. The normalized spacial score (nSPS) is 29.1. The Hall–Kier alpha value is -3.12. The lowest BCUT2D eigenvalue weighted by Gasteiger charge is -2.48. The van der Waals surface area contributed by atoms with E-state index >= 15 is 0 Å². The van der Waals surface area contributed by atoms with Gasteiger partial charge in [0, 0.05) is 34.3 Å². The van der Waals surface area contributed by atoms with Crippen molar-refractivity contribution in [1.82, 2.24) is 9.97 Å². The number of likely N-dealkylation sites (N-methyl/N-ethyl adjacent to an activating group) is 1. The number of aryl methyl sites for hydroxylation is 1. The van der Waals surface area contributed by atoms with E-state index in [1.54, 1.807) is 6.07 Å². The van der Waals surface area contributed by atoms with E-state index in [4.69, 9.17) is 0 Å². The second kappa shape index (κ2) is 6.44. The van der Waals surface area contributed by atoms with Crippen LogP contribution in [0.15, 0.2) is 64.1 Å². The van der Waals surface area contributed by atoms with Gasteiger partial charge in [0.2, 0.25) is 5.70 Å². The number of amides is 1. The maximum absolute atomic E-state index is 13.4. The van der Waals surface area contributed by atoms with Crippen LogP contribution in [0.4, 0.5) is 5.82 Å². The summed E-state index contributed by atoms with van der Waals surface area (Å²) in [7, 11) is 2.23. The zero-order valence-corrected chi connectivity index (χ0v) is 18.1. The monoisotopic (exact) mass is 412 g/mol. The van der Waals surface area contributed by atoms with Crippen LogP contribution < -0.4 is 0 Å². The number of rotatable bonds is 2. The molecule has 3 aliphatic rings. The van der Waals surface area contributed by atoms with E-state index in [1.807, 2.05) is 19.1 Å². The summed E-state index contributed by atoms with van der Waals surface area (Å²) in [6.07, 6.45) is 4.42. The highest BCUT2D eigenvalue weighted by atomic mass is 16.2. The highest BCUT2D eigenvalue weighted by Crippen LogP contribution is 2.58. The Bertz CT molecular complexity index is 1300. The van der Waals surface area contributed by atoms with Gasteiger partial charge in [0.25, 0.3) is 0 Å². The van der Waals surface area contributed by atoms with E-state index in [0.717, 1.165) is 29.9 Å². The van der Waals surface area contributed by atoms with Gasteiger partial charge in [-0.25, -0.2) is 4.98 Å². The molecule has 4 heterocycles. The first-order valence-electron chi connectivity index (χ1n) is 11.1. The minimum Gasteiger partial charge on any atom is -0.361 e. The molecule has 6 heteroatoms. The van der Waals surface area contributed by atoms with Crippen molar-refractivity contribution in [3.8, 4) is 0 Å². The molecule has 0 saturated carbocycles. The fourth-order valence-corrected chi connectivity index (χ4v) is 6.65. The molecule has 3 aromatic rings. The van der Waals surface area contributed by atoms with Crippen LogP contribution in [0.1, 0.15) is 48.4 Å². The summed E-state index contributed by atoms with van der Waals surface area (Å²) in [5.74, 6) is 0.937. The van der Waals surface area contributed by atoms with Crippen LogP contribution in [0.5, 0.6) is 0 Å². The van der Waals surface area contributed by atoms with E-state index in [1.165, 1.54) is 28.5 Å². The van der Waals surface area contributed by atoms with Crippen molar-refractivity contribution in [3.05, 3.63) is 70.7 Å². The van der Waals surface area contributed by atoms with Crippen LogP contribution in [0.25, 0.3) is 10.9 Å². The summed E-state index contributed by atoms with van der Waals surface area (Å²) >= 11 is 0. The van der Waals surface area contributed by atoms with Gasteiger partial charge >= 0.3 is 5.91 Å². The van der Waals surface area contributed by atoms with Crippen molar-refractivity contribution in [1.29, 1.82) is 0 Å². The summed E-state index contributed by atoms with van der Waals surface area (Å²) in [4.78, 5) is 21.3. The minimum atomic E-state index is -0.228. The molecule has 0 spiro atoms. The third kappa shape index (κ3) is 2.48. The first-order chi connectivity index (χ1) is 15.0. The summed E-state index contributed by atoms with van der Waals surface area (Å²) in [6.45, 7) is 5.00. The molecule has 6 nitrogen and oxygen atoms in total. The molecular weight excluding hydrogens is 386 g/mol. The van der Waals surface area contributed by atoms with Crippen molar-refractivity contribution < 1.29 is 9.28 Å². The Labute approximate surface area is 181 Å². The molecule has 1 fully saturated rings. The Morgan fingerprint density at radius 3 is 2.84 bits per heavy atom. The Kier molecular flexibility index (Phi) is 3.87. The van der Waals surface area contributed by atoms with Crippen LogP contribution in [0.3, 0.4) is 0 Å². The van der Waals surface area contributed by atoms with Crippen LogP contribution in [-0.2, 0) is 4.79 Å². The highest BCUT2D eigenvalue weighted by Gasteiger charge is 2.60. The number of aromatic amines is 1. The lowest BCUT2D eigenvalue weighted by atomic mass is 9.69. The van der Waals surface area contributed by atoms with Crippen LogP contribution in [-0.4, -0.2) is 40.0 Å². The largest absolute Gasteiger partial charge is 0.361 e. The number of hydrogen-bond donors (Lipinski definition) is 1. The number of nitrogens with one attached hydrogen (secondary N) is 1. The maximum atomic E-state index is 13.4. The predicted octanol–water partition coefficient (Wildman–Crippen LogP) is 5.26. The van der Waals surface area contributed by atoms with Gasteiger partial charge in [-0.15, -0.1) is 5.11 Å². The van der Waals surface area contributed by atoms with Crippen molar-refractivity contribution >= 4 is 22.6 Å². The molecule has 1 saturated heterocycles. The number of hydrogen-bond acceptors (Lipinski definition) is 3. The van der Waals surface area contributed by atoms with Crippen LogP contribution in [0.2, 0.25) is 0 Å². The third-order valence-electron chi connectivity index (χ3n) is 7.72. The summed E-state index contributed by atoms with van der Waals surface area (Å²) in [5.41, 5.74) is 6.79. The first kappa shape index (κ1) is 18.6. The van der Waals surface area contributed by atoms with Gasteiger partial charge < -0.3 is 4.98 Å². The molecule has 0 bridgehead atoms. The Balaban J connectivity index is 1.48. The summed E-state index contributed by atoms with van der Waals surface area (Å²) < 4.78 is 0.654. The molecule has 2 aromatic heterocycles. The number of nitrogens with zero attached hydrogens (tertiary/aromatic N) is 4. The molecule has 156 valence electrons. The number of H-pyrrole nitrogens is 1. The molecular formula is C25H26N5O+. The second-order valence-electron chi connectivity index (χ2n) is 9.40. The number of carbonyl (C=O) groups excluding carboxylic acids is 1. The number of fused-ring (bicyclic) bond motifs is 2. The Morgan fingerprint density at radius 1 is 1.16 bits per heavy atom. The lowest BCUT2D eigenvalue weighted by Crippen LogP contribution is -2.57. The van der Waals surface area contributed by atoms with Crippen molar-refractivity contribution in [2.24, 2.45) is 10.2 Å². The summed E-state index contributed by atoms with van der Waals surface area (Å²) in [6, 6.07) is 12.5. The van der Waals surface area contributed by atoms with Crippen molar-refractivity contribution in [3.63, 3.8) is 0 Å². The average Bonchev–Trinajstić information content (AvgIpc) is 3.28. The molecule has 1 aromatic carbocycles. The molecule has 1 N–H and O–H groups in total. The van der Waals surface area contributed by atoms with Gasteiger partial charge in [0.05, 0.1) is 19.5 Å². The van der Waals surface area contributed by atoms with Gasteiger partial charge in [0.15, 0.2) is 5.82 Å². The number of pyridine rings is 1. The summed E-state index contributed by atoms with van der Waals surface area (Å²) in [5, 5.41) is 9.69. The SMILES string of the molecule is CC1=C(C(=O)N=Nc2cccc(C)n2)[N+]2(C)CCCC3c4cccc5[nH]cc(c45)C1[C@H]32. The van der Waals surface area contributed by atoms with Gasteiger partial charge in [-0.1, -0.05) is 23.3 Å². The van der Waals surface area contributed by atoms with Gasteiger partial charge in [0.1, 0.15) is 6.04 Å². The smallest absolute Gasteiger partial charge is 0.349 e. The maximum Gasteiger partial charge on any atom is 0.349 e. The van der Waals surface area contributed by atoms with Crippen LogP contribution in [0, 0.1) is 6.92 Å². The highest BCUT2D eigenvalue weighted by molar-refractivity contribution is 5.95. The second-order valence-corrected chi connectivity index (χ2v) is 9.40. The van der Waals surface area contributed by atoms with Crippen molar-refractivity contribution in [2.75, 3.05) is 13.6 Å². The molecule has 31 heavy (non-hydrogen) atoms. The number of carbonyl (C=O) groups is 1.